The number of carboxylic acids is 2. The van der Waals surface area contributed by atoms with Crippen molar-refractivity contribution in [2.45, 2.75) is 134 Å². The number of H-pyrrole nitrogens is 1. The minimum absolute atomic E-state index is 0. The Morgan fingerprint density at radius 3 is 1.62 bits per heavy atom. The molecule has 29 heteroatoms. The van der Waals surface area contributed by atoms with E-state index < -0.39 is 137 Å². The number of benzene rings is 3. The quantitative estimate of drug-likeness (QED) is 0.0155. The number of para-hydroxylation sites is 1. The van der Waals surface area contributed by atoms with E-state index in [4.69, 9.17) is 10.3 Å². The summed E-state index contributed by atoms with van der Waals surface area (Å²) in [7, 11) is -4.90. The first kappa shape index (κ1) is 68.4. The topological polar surface area (TPSA) is 433 Å². The van der Waals surface area contributed by atoms with Gasteiger partial charge in [0, 0.05) is 55.7 Å². The van der Waals surface area contributed by atoms with Crippen molar-refractivity contribution in [1.82, 2.24) is 47.5 Å². The van der Waals surface area contributed by atoms with Gasteiger partial charge in [0.25, 0.3) is 0 Å². The summed E-state index contributed by atoms with van der Waals surface area (Å²) in [5, 5.41) is 41.5. The van der Waals surface area contributed by atoms with Gasteiger partial charge in [-0.25, -0.2) is 0 Å². The number of primary amides is 1. The Morgan fingerprint density at radius 2 is 1.07 bits per heavy atom. The molecular weight excluding hydrogens is 1100 g/mol. The molecule has 0 saturated carbocycles. The van der Waals surface area contributed by atoms with E-state index in [-0.39, 0.29) is 73.0 Å². The fraction of sp³-hybridized carbons (Fsp3) is 0.415. The molecule has 0 aliphatic rings. The Labute approximate surface area is 494 Å². The average Bonchev–Trinajstić information content (AvgIpc) is 3.81. The van der Waals surface area contributed by atoms with E-state index in [9.17, 15) is 71.4 Å². The van der Waals surface area contributed by atoms with E-state index in [1.54, 1.807) is 74.6 Å². The SMILES string of the molecule is CCCC[C@H](NC(=O)[C@H](Cc1ccc(OS(=O)(=O)O)cc1)NC(=O)[C@H](CC(=O)O)NC(C)=O)C(=O)NCC(=O)N[C@@H](Cc1c[nH]c2ccccc12)C(=O)N[C@@H](CCCC)C(=O)N[C@@H](CC(=O)[O-])C(=O)N[C@@H](Cc1ccccc1)C(N)=O.[Na+]. The normalized spacial score (nSPS) is 13.6. The number of carbonyl (C=O) groups is 11. The molecule has 0 aliphatic heterocycles. The number of fused-ring (bicyclic) bond motifs is 1. The van der Waals surface area contributed by atoms with Gasteiger partial charge >= 0.3 is 45.9 Å². The van der Waals surface area contributed by atoms with E-state index in [1.807, 2.05) is 0 Å². The van der Waals surface area contributed by atoms with Crippen LogP contribution in [0.25, 0.3) is 10.9 Å². The van der Waals surface area contributed by atoms with E-state index in [2.05, 4.69) is 51.7 Å². The number of carbonyl (C=O) groups excluding carboxylic acids is 10. The fourth-order valence-corrected chi connectivity index (χ4v) is 8.66. The first-order chi connectivity index (χ1) is 38.3. The van der Waals surface area contributed by atoms with Crippen LogP contribution >= 0.6 is 0 Å². The second-order valence-corrected chi connectivity index (χ2v) is 19.9. The third kappa shape index (κ3) is 23.7. The summed E-state index contributed by atoms with van der Waals surface area (Å²) in [5.41, 5.74) is 7.68. The van der Waals surface area contributed by atoms with Crippen LogP contribution in [0.2, 0.25) is 0 Å². The van der Waals surface area contributed by atoms with E-state index in [0.29, 0.717) is 47.7 Å². The number of hydrogen-bond donors (Lipinski definition) is 12. The van der Waals surface area contributed by atoms with Crippen molar-refractivity contribution < 1.29 is 110 Å². The van der Waals surface area contributed by atoms with Crippen molar-refractivity contribution in [3.8, 4) is 5.75 Å². The van der Waals surface area contributed by atoms with Gasteiger partial charge in [0.15, 0.2) is 0 Å². The van der Waals surface area contributed by atoms with Crippen molar-refractivity contribution in [2.75, 3.05) is 6.54 Å². The Hall–Kier alpha value is -7.92. The van der Waals surface area contributed by atoms with Crippen LogP contribution in [-0.2, 0) is 82.4 Å². The fourth-order valence-electron chi connectivity index (χ4n) is 8.31. The number of aliphatic carboxylic acids is 2. The molecule has 0 fully saturated rings. The maximum absolute atomic E-state index is 14.4. The molecule has 438 valence electrons. The van der Waals surface area contributed by atoms with Crippen LogP contribution in [0.5, 0.6) is 5.75 Å². The first-order valence-corrected chi connectivity index (χ1v) is 27.1. The molecule has 0 aliphatic carbocycles. The van der Waals surface area contributed by atoms with Crippen LogP contribution in [0.3, 0.4) is 0 Å². The summed E-state index contributed by atoms with van der Waals surface area (Å²) >= 11 is 0. The number of carboxylic acid groups (broad SMARTS) is 2. The summed E-state index contributed by atoms with van der Waals surface area (Å²) in [6.07, 6.45) is 0.780. The largest absolute Gasteiger partial charge is 1.00 e. The summed E-state index contributed by atoms with van der Waals surface area (Å²) in [5.74, 6) is -12.1. The van der Waals surface area contributed by atoms with Crippen LogP contribution in [0.1, 0.15) is 88.8 Å². The summed E-state index contributed by atoms with van der Waals surface area (Å²) in [6.45, 7) is 3.85. The Balaban J connectivity index is 0.0000176. The third-order valence-electron chi connectivity index (χ3n) is 12.3. The molecule has 1 heterocycles. The van der Waals surface area contributed by atoms with E-state index >= 15 is 0 Å². The Bertz CT molecular complexity index is 2980. The minimum Gasteiger partial charge on any atom is -0.550 e. The van der Waals surface area contributed by atoms with Crippen molar-refractivity contribution in [3.63, 3.8) is 0 Å². The van der Waals surface area contributed by atoms with Gasteiger partial charge in [0.1, 0.15) is 48.0 Å². The van der Waals surface area contributed by atoms with Gasteiger partial charge in [-0.3, -0.25) is 52.5 Å². The van der Waals surface area contributed by atoms with Gasteiger partial charge in [-0.05, 0) is 47.7 Å². The predicted molar refractivity (Wildman–Crippen MR) is 287 cm³/mol. The smallest absolute Gasteiger partial charge is 0.550 e. The maximum Gasteiger partial charge on any atom is 1.00 e. The zero-order chi connectivity index (χ0) is 59.8. The van der Waals surface area contributed by atoms with E-state index in [1.165, 1.54) is 12.1 Å². The number of rotatable bonds is 34. The van der Waals surface area contributed by atoms with Gasteiger partial charge in [0.05, 0.1) is 13.0 Å². The van der Waals surface area contributed by atoms with Gasteiger partial charge < -0.3 is 72.4 Å². The Morgan fingerprint density at radius 1 is 0.598 bits per heavy atom. The average molecular weight is 1170 g/mol. The summed E-state index contributed by atoms with van der Waals surface area (Å²) in [4.78, 5) is 148. The monoisotopic (exact) mass is 1170 g/mol. The molecule has 0 spiro atoms. The molecule has 0 saturated heterocycles. The number of aromatic nitrogens is 1. The molecule has 0 unspecified atom stereocenters. The van der Waals surface area contributed by atoms with E-state index in [0.717, 1.165) is 19.1 Å². The van der Waals surface area contributed by atoms with Gasteiger partial charge in [0.2, 0.25) is 53.2 Å². The van der Waals surface area contributed by atoms with Crippen LogP contribution < -0.4 is 87.1 Å². The molecule has 27 nitrogen and oxygen atoms in total. The summed E-state index contributed by atoms with van der Waals surface area (Å²) < 4.78 is 36.0. The summed E-state index contributed by atoms with van der Waals surface area (Å²) in [6, 6.07) is 9.75. The maximum atomic E-state index is 14.4. The number of amides is 9. The van der Waals surface area contributed by atoms with Gasteiger partial charge in [-0.1, -0.05) is 100 Å². The molecule has 1 aromatic heterocycles. The molecule has 0 bridgehead atoms. The second kappa shape index (κ2) is 33.7. The van der Waals surface area contributed by atoms with Crippen molar-refractivity contribution >= 4 is 86.4 Å². The number of nitrogens with two attached hydrogens (primary N) is 1. The van der Waals surface area contributed by atoms with Crippen molar-refractivity contribution in [1.29, 1.82) is 0 Å². The molecule has 13 N–H and O–H groups in total. The Kier molecular flexibility index (Phi) is 28.1. The predicted octanol–water partition coefficient (Wildman–Crippen LogP) is -4.61. The van der Waals surface area contributed by atoms with Crippen LogP contribution in [0, 0.1) is 0 Å². The molecular formula is C53H67N10NaO17S. The molecule has 3 aromatic carbocycles. The van der Waals surface area contributed by atoms with Crippen molar-refractivity contribution in [3.05, 3.63) is 102 Å². The van der Waals surface area contributed by atoms with Crippen LogP contribution in [-0.4, -0.2) is 137 Å². The number of unbranched alkanes of at least 4 members (excludes halogenated alkanes) is 2. The van der Waals surface area contributed by atoms with Crippen molar-refractivity contribution in [2.24, 2.45) is 5.73 Å². The molecule has 82 heavy (non-hydrogen) atoms. The number of nitrogens with one attached hydrogen (secondary N) is 9. The molecule has 7 atom stereocenters. The molecule has 9 amide bonds. The van der Waals surface area contributed by atoms with Crippen LogP contribution in [0.4, 0.5) is 0 Å². The number of aromatic amines is 1. The minimum atomic E-state index is -4.90. The van der Waals surface area contributed by atoms with Crippen LogP contribution in [0.15, 0.2) is 85.1 Å². The van der Waals surface area contributed by atoms with Gasteiger partial charge in [-0.15, -0.1) is 0 Å². The number of hydrogen-bond acceptors (Lipinski definition) is 15. The van der Waals surface area contributed by atoms with Gasteiger partial charge in [-0.2, -0.15) is 8.42 Å². The molecule has 0 radical (unpaired) electrons. The first-order valence-electron chi connectivity index (χ1n) is 25.8. The molecule has 4 aromatic rings. The third-order valence-corrected chi connectivity index (χ3v) is 12.8. The zero-order valence-electron chi connectivity index (χ0n) is 45.6. The molecule has 4 rings (SSSR count). The zero-order valence-corrected chi connectivity index (χ0v) is 48.4. The standard InChI is InChI=1S/C53H68N10O17S.Na/c1-4-6-16-37(59-50(73)40(62-52(75)42(26-45(66)67)57-30(3)64)24-32-19-21-34(22-20-32)80-81(77,78)79)48(71)56-29-44(65)58-41(25-33-28-55-36-18-12-11-15-35(33)36)51(74)60-38(17-7-5-2)49(72)63-43(27-46(68)69)53(76)61-39(47(54)70)23-31-13-9-8-10-14-31;/h8-15,18-22,28,37-43,55H,4-7,16-17,23-27,29H2,1-3H3,(H2,54,70)(H,56,71)(H,57,64)(H,58,65)(H,59,73)(H,60,74)(H,61,76)(H,62,75)(H,63,72)(H,66,67)(H,68,69)(H,77,78,79);/q;+1/p-1/t37-,38-,39-,40-,41-,42-,43-;/m0./s1. The second-order valence-electron chi connectivity index (χ2n) is 18.9.